The molecule has 6 heteroatoms. The normalized spacial score (nSPS) is 18.0. The van der Waals surface area contributed by atoms with Crippen molar-refractivity contribution >= 4 is 29.2 Å². The maximum atomic E-state index is 12.1. The zero-order valence-electron chi connectivity index (χ0n) is 12.8. The summed E-state index contributed by atoms with van der Waals surface area (Å²) in [7, 11) is 1.79. The quantitative estimate of drug-likeness (QED) is 0.873. The minimum atomic E-state index is -0.109. The second-order valence-corrected chi connectivity index (χ2v) is 6.44. The first-order valence-electron chi connectivity index (χ1n) is 7.61. The Morgan fingerprint density at radius 1 is 1.41 bits per heavy atom. The van der Waals surface area contributed by atoms with E-state index in [-0.39, 0.29) is 12.1 Å². The fourth-order valence-electron chi connectivity index (χ4n) is 2.45. The van der Waals surface area contributed by atoms with Crippen molar-refractivity contribution in [2.24, 2.45) is 0 Å². The number of carbonyl (C=O) groups excluding carboxylic acids is 1. The topological polar surface area (TPSA) is 41.6 Å². The minimum absolute atomic E-state index is 0.109. The highest BCUT2D eigenvalue weighted by atomic mass is 35.5. The SMILES string of the molecule is CN(CCC1CCCCO1)C(=O)NCc1ccc(Cl)cc1Cl. The van der Waals surface area contributed by atoms with E-state index >= 15 is 0 Å². The first kappa shape index (κ1) is 17.4. The van der Waals surface area contributed by atoms with Gasteiger partial charge in [-0.2, -0.15) is 0 Å². The van der Waals surface area contributed by atoms with Crippen molar-refractivity contribution < 1.29 is 9.53 Å². The number of carbonyl (C=O) groups is 1. The largest absolute Gasteiger partial charge is 0.378 e. The zero-order valence-corrected chi connectivity index (χ0v) is 14.3. The van der Waals surface area contributed by atoms with Gasteiger partial charge in [-0.25, -0.2) is 4.79 Å². The molecule has 0 saturated carbocycles. The first-order valence-corrected chi connectivity index (χ1v) is 8.36. The van der Waals surface area contributed by atoms with E-state index in [0.29, 0.717) is 23.1 Å². The van der Waals surface area contributed by atoms with Gasteiger partial charge < -0.3 is 15.0 Å². The molecule has 1 aromatic carbocycles. The van der Waals surface area contributed by atoms with E-state index in [4.69, 9.17) is 27.9 Å². The van der Waals surface area contributed by atoms with E-state index in [0.717, 1.165) is 31.4 Å². The van der Waals surface area contributed by atoms with Gasteiger partial charge in [0.2, 0.25) is 0 Å². The summed E-state index contributed by atoms with van der Waals surface area (Å²) in [5, 5.41) is 4.01. The summed E-state index contributed by atoms with van der Waals surface area (Å²) in [6.45, 7) is 1.92. The minimum Gasteiger partial charge on any atom is -0.378 e. The number of rotatable bonds is 5. The highest BCUT2D eigenvalue weighted by molar-refractivity contribution is 6.35. The van der Waals surface area contributed by atoms with Crippen molar-refractivity contribution in [3.63, 3.8) is 0 Å². The van der Waals surface area contributed by atoms with Crippen molar-refractivity contribution in [1.29, 1.82) is 0 Å². The molecule has 2 rings (SSSR count). The fourth-order valence-corrected chi connectivity index (χ4v) is 2.92. The average molecular weight is 345 g/mol. The number of hydrogen-bond acceptors (Lipinski definition) is 2. The van der Waals surface area contributed by atoms with Crippen LogP contribution < -0.4 is 5.32 Å². The third-order valence-electron chi connectivity index (χ3n) is 3.85. The molecular formula is C16H22Cl2N2O2. The Morgan fingerprint density at radius 3 is 2.91 bits per heavy atom. The Balaban J connectivity index is 1.73. The monoisotopic (exact) mass is 344 g/mol. The highest BCUT2D eigenvalue weighted by Crippen LogP contribution is 2.20. The van der Waals surface area contributed by atoms with Crippen molar-refractivity contribution in [2.75, 3.05) is 20.2 Å². The van der Waals surface area contributed by atoms with Gasteiger partial charge in [-0.3, -0.25) is 0 Å². The molecule has 1 saturated heterocycles. The summed E-state index contributed by atoms with van der Waals surface area (Å²) in [5.74, 6) is 0. The highest BCUT2D eigenvalue weighted by Gasteiger charge is 2.16. The van der Waals surface area contributed by atoms with E-state index in [9.17, 15) is 4.79 Å². The number of amides is 2. The molecule has 1 atom stereocenters. The average Bonchev–Trinajstić information content (AvgIpc) is 2.52. The van der Waals surface area contributed by atoms with E-state index < -0.39 is 0 Å². The Bertz CT molecular complexity index is 505. The summed E-state index contributed by atoms with van der Waals surface area (Å²) in [6, 6.07) is 5.15. The lowest BCUT2D eigenvalue weighted by atomic mass is 10.1. The lowest BCUT2D eigenvalue weighted by molar-refractivity contribution is 0.00827. The van der Waals surface area contributed by atoms with E-state index in [1.165, 1.54) is 6.42 Å². The molecule has 0 radical (unpaired) electrons. The van der Waals surface area contributed by atoms with Gasteiger partial charge in [0, 0.05) is 36.8 Å². The van der Waals surface area contributed by atoms with Gasteiger partial charge in [-0.15, -0.1) is 0 Å². The Kier molecular flexibility index (Phi) is 6.80. The molecule has 2 amide bonds. The number of urea groups is 1. The molecular weight excluding hydrogens is 323 g/mol. The molecule has 1 aliphatic heterocycles. The fraction of sp³-hybridized carbons (Fsp3) is 0.562. The molecule has 122 valence electrons. The van der Waals surface area contributed by atoms with Crippen molar-refractivity contribution in [1.82, 2.24) is 10.2 Å². The summed E-state index contributed by atoms with van der Waals surface area (Å²) < 4.78 is 5.68. The van der Waals surface area contributed by atoms with Gasteiger partial charge in [0.1, 0.15) is 0 Å². The van der Waals surface area contributed by atoms with E-state index in [2.05, 4.69) is 5.32 Å². The molecule has 0 bridgehead atoms. The van der Waals surface area contributed by atoms with Gasteiger partial charge >= 0.3 is 6.03 Å². The molecule has 4 nitrogen and oxygen atoms in total. The number of nitrogens with zero attached hydrogens (tertiary/aromatic N) is 1. The molecule has 0 aromatic heterocycles. The number of ether oxygens (including phenoxy) is 1. The second-order valence-electron chi connectivity index (χ2n) is 5.59. The van der Waals surface area contributed by atoms with Crippen molar-refractivity contribution in [3.05, 3.63) is 33.8 Å². The maximum Gasteiger partial charge on any atom is 0.317 e. The molecule has 1 fully saturated rings. The van der Waals surface area contributed by atoms with Crippen LogP contribution in [0.3, 0.4) is 0 Å². The molecule has 0 spiro atoms. The number of nitrogens with one attached hydrogen (secondary N) is 1. The molecule has 1 heterocycles. The van der Waals surface area contributed by atoms with Crippen LogP contribution in [0.15, 0.2) is 18.2 Å². The zero-order chi connectivity index (χ0) is 15.9. The Labute approximate surface area is 141 Å². The Hall–Kier alpha value is -0.970. The maximum absolute atomic E-state index is 12.1. The predicted molar refractivity (Wildman–Crippen MR) is 89.5 cm³/mol. The van der Waals surface area contributed by atoms with Crippen LogP contribution in [0.2, 0.25) is 10.0 Å². The van der Waals surface area contributed by atoms with Gasteiger partial charge in [0.25, 0.3) is 0 Å². The summed E-state index contributed by atoms with van der Waals surface area (Å²) >= 11 is 11.9. The Morgan fingerprint density at radius 2 is 2.23 bits per heavy atom. The van der Waals surface area contributed by atoms with Crippen LogP contribution in [0.4, 0.5) is 4.79 Å². The van der Waals surface area contributed by atoms with Gasteiger partial charge in [0.05, 0.1) is 6.10 Å². The molecule has 1 aliphatic rings. The van der Waals surface area contributed by atoms with Crippen LogP contribution in [0.1, 0.15) is 31.2 Å². The van der Waals surface area contributed by atoms with Gasteiger partial charge in [0.15, 0.2) is 0 Å². The van der Waals surface area contributed by atoms with Crippen molar-refractivity contribution in [3.8, 4) is 0 Å². The molecule has 1 unspecified atom stereocenters. The molecule has 0 aliphatic carbocycles. The smallest absolute Gasteiger partial charge is 0.317 e. The van der Waals surface area contributed by atoms with Gasteiger partial charge in [-0.1, -0.05) is 29.3 Å². The number of hydrogen-bond donors (Lipinski definition) is 1. The molecule has 1 aromatic rings. The second kappa shape index (κ2) is 8.61. The van der Waals surface area contributed by atoms with E-state index in [1.54, 1.807) is 24.1 Å². The molecule has 1 N–H and O–H groups in total. The number of benzene rings is 1. The van der Waals surface area contributed by atoms with Crippen LogP contribution in [0, 0.1) is 0 Å². The lowest BCUT2D eigenvalue weighted by Gasteiger charge is -2.25. The van der Waals surface area contributed by atoms with Crippen molar-refractivity contribution in [2.45, 2.75) is 38.3 Å². The summed E-state index contributed by atoms with van der Waals surface area (Å²) in [5.41, 5.74) is 0.850. The van der Waals surface area contributed by atoms with Crippen LogP contribution >= 0.6 is 23.2 Å². The van der Waals surface area contributed by atoms with Gasteiger partial charge in [-0.05, 0) is 43.4 Å². The van der Waals surface area contributed by atoms with Crippen LogP contribution in [-0.4, -0.2) is 37.2 Å². The predicted octanol–water partition coefficient (Wildman–Crippen LogP) is 4.09. The number of halogens is 2. The van der Waals surface area contributed by atoms with Crippen LogP contribution in [0.5, 0.6) is 0 Å². The lowest BCUT2D eigenvalue weighted by Crippen LogP contribution is -2.38. The third kappa shape index (κ3) is 5.34. The van der Waals surface area contributed by atoms with E-state index in [1.807, 2.05) is 6.07 Å². The summed E-state index contributed by atoms with van der Waals surface area (Å²) in [4.78, 5) is 13.8. The first-order chi connectivity index (χ1) is 10.6. The molecule has 22 heavy (non-hydrogen) atoms. The standard InChI is InChI=1S/C16H22Cl2N2O2/c1-20(8-7-14-4-2-3-9-22-14)16(21)19-11-12-5-6-13(17)10-15(12)18/h5-6,10,14H,2-4,7-9,11H2,1H3,(H,19,21). The third-order valence-corrected chi connectivity index (χ3v) is 4.44. The van der Waals surface area contributed by atoms with Crippen LogP contribution in [0.25, 0.3) is 0 Å². The van der Waals surface area contributed by atoms with Crippen LogP contribution in [-0.2, 0) is 11.3 Å². The summed E-state index contributed by atoms with van der Waals surface area (Å²) in [6.07, 6.45) is 4.63.